The summed E-state index contributed by atoms with van der Waals surface area (Å²) in [7, 11) is 2.56. The van der Waals surface area contributed by atoms with Crippen molar-refractivity contribution in [3.05, 3.63) is 22.5 Å². The summed E-state index contributed by atoms with van der Waals surface area (Å²) >= 11 is 0. The number of cyclic esters (lactones) is 1. The number of nitrogens with one attached hydrogen (secondary N) is 1. The van der Waals surface area contributed by atoms with Crippen LogP contribution in [-0.2, 0) is 41.4 Å². The van der Waals surface area contributed by atoms with Crippen LogP contribution in [0.15, 0.2) is 0 Å². The van der Waals surface area contributed by atoms with Gasteiger partial charge in [-0.25, -0.2) is 0 Å². The molecular weight excluding hydrogens is 330 g/mol. The van der Waals surface area contributed by atoms with E-state index in [4.69, 9.17) is 9.47 Å². The molecule has 0 aliphatic carbocycles. The van der Waals surface area contributed by atoms with Crippen molar-refractivity contribution < 1.29 is 33.4 Å². The van der Waals surface area contributed by atoms with Crippen LogP contribution in [0, 0.1) is 6.92 Å². The second kappa shape index (κ2) is 7.96. The molecule has 136 valence electrons. The van der Waals surface area contributed by atoms with Crippen molar-refractivity contribution in [3.63, 3.8) is 0 Å². The Balaban J connectivity index is 2.34. The Morgan fingerprint density at radius 3 is 2.40 bits per heavy atom. The zero-order valence-corrected chi connectivity index (χ0v) is 14.5. The fourth-order valence-corrected chi connectivity index (χ4v) is 2.86. The first-order chi connectivity index (χ1) is 11.9. The summed E-state index contributed by atoms with van der Waals surface area (Å²) in [6, 6.07) is 0. The van der Waals surface area contributed by atoms with Crippen molar-refractivity contribution in [2.75, 3.05) is 14.2 Å². The van der Waals surface area contributed by atoms with Gasteiger partial charge in [0.1, 0.15) is 0 Å². The lowest BCUT2D eigenvalue weighted by Crippen LogP contribution is -2.22. The molecular formula is C17H21NO7. The van der Waals surface area contributed by atoms with E-state index in [0.29, 0.717) is 23.2 Å². The summed E-state index contributed by atoms with van der Waals surface area (Å²) in [5, 5.41) is 0. The zero-order valence-electron chi connectivity index (χ0n) is 14.5. The van der Waals surface area contributed by atoms with Gasteiger partial charge in [-0.3, -0.25) is 19.2 Å². The first-order valence-corrected chi connectivity index (χ1v) is 7.95. The number of ether oxygens (including phenoxy) is 3. The highest BCUT2D eigenvalue weighted by molar-refractivity contribution is 6.02. The monoisotopic (exact) mass is 351 g/mol. The molecule has 2 rings (SSSR count). The van der Waals surface area contributed by atoms with E-state index in [1.807, 2.05) is 0 Å². The molecule has 0 spiro atoms. The Morgan fingerprint density at radius 1 is 1.16 bits per heavy atom. The van der Waals surface area contributed by atoms with E-state index >= 15 is 0 Å². The molecule has 1 aliphatic heterocycles. The number of aromatic amines is 1. The van der Waals surface area contributed by atoms with Gasteiger partial charge in [0.15, 0.2) is 6.10 Å². The smallest absolute Gasteiger partial charge is 0.310 e. The van der Waals surface area contributed by atoms with E-state index in [9.17, 15) is 19.2 Å². The number of ketones is 1. The predicted octanol–water partition coefficient (Wildman–Crippen LogP) is 1.03. The molecule has 1 N–H and O–H groups in total. The van der Waals surface area contributed by atoms with Crippen LogP contribution >= 0.6 is 0 Å². The normalized spacial score (nSPS) is 16.4. The minimum atomic E-state index is -0.839. The van der Waals surface area contributed by atoms with Gasteiger partial charge in [0, 0.05) is 25.0 Å². The molecule has 1 aromatic rings. The van der Waals surface area contributed by atoms with Crippen LogP contribution in [0.5, 0.6) is 0 Å². The summed E-state index contributed by atoms with van der Waals surface area (Å²) in [4.78, 5) is 50.1. The summed E-state index contributed by atoms with van der Waals surface area (Å²) in [5.41, 5.74) is 2.07. The van der Waals surface area contributed by atoms with E-state index in [-0.39, 0.29) is 37.2 Å². The Morgan fingerprint density at radius 2 is 1.84 bits per heavy atom. The first kappa shape index (κ1) is 18.7. The number of esters is 3. The molecule has 0 radical (unpaired) electrons. The molecule has 1 fully saturated rings. The van der Waals surface area contributed by atoms with Gasteiger partial charge in [0.25, 0.3) is 0 Å². The molecule has 0 bridgehead atoms. The van der Waals surface area contributed by atoms with Crippen LogP contribution in [-0.4, -0.2) is 49.0 Å². The standard InChI is InChI=1S/C17H21NO7/c1-9-11(8-15(21)24-3)10(4-6-13(19)23-2)16(18-9)17(22)12-5-7-14(20)25-12/h12,18H,4-8H2,1-3H3. The number of carbonyl (C=O) groups excluding carboxylic acids is 4. The van der Waals surface area contributed by atoms with Gasteiger partial charge >= 0.3 is 17.9 Å². The topological polar surface area (TPSA) is 112 Å². The van der Waals surface area contributed by atoms with Gasteiger partial charge < -0.3 is 19.2 Å². The van der Waals surface area contributed by atoms with Crippen molar-refractivity contribution >= 4 is 23.7 Å². The number of hydrogen-bond donors (Lipinski definition) is 1. The molecule has 0 saturated carbocycles. The lowest BCUT2D eigenvalue weighted by Gasteiger charge is -2.10. The zero-order chi connectivity index (χ0) is 18.6. The molecule has 1 aromatic heterocycles. The van der Waals surface area contributed by atoms with Gasteiger partial charge in [0.05, 0.1) is 26.3 Å². The average molecular weight is 351 g/mol. The third kappa shape index (κ3) is 4.26. The second-order valence-corrected chi connectivity index (χ2v) is 5.79. The SMILES string of the molecule is COC(=O)CCc1c(C(=O)C2CCC(=O)O2)[nH]c(C)c1CC(=O)OC. The number of H-pyrrole nitrogens is 1. The lowest BCUT2D eigenvalue weighted by molar-refractivity contribution is -0.141. The number of hydrogen-bond acceptors (Lipinski definition) is 7. The molecule has 0 amide bonds. The molecule has 1 saturated heterocycles. The Bertz CT molecular complexity index is 704. The van der Waals surface area contributed by atoms with E-state index in [1.165, 1.54) is 14.2 Å². The van der Waals surface area contributed by atoms with E-state index < -0.39 is 24.0 Å². The largest absolute Gasteiger partial charge is 0.469 e. The van der Waals surface area contributed by atoms with Crippen LogP contribution in [0.25, 0.3) is 0 Å². The Labute approximate surface area is 144 Å². The van der Waals surface area contributed by atoms with Crippen molar-refractivity contribution in [2.24, 2.45) is 0 Å². The Hall–Kier alpha value is -2.64. The molecule has 25 heavy (non-hydrogen) atoms. The Kier molecular flexibility index (Phi) is 5.95. The summed E-state index contributed by atoms with van der Waals surface area (Å²) in [6.45, 7) is 1.73. The lowest BCUT2D eigenvalue weighted by atomic mass is 9.97. The maximum absolute atomic E-state index is 12.7. The van der Waals surface area contributed by atoms with Gasteiger partial charge in [-0.05, 0) is 24.5 Å². The molecule has 1 atom stereocenters. The highest BCUT2D eigenvalue weighted by atomic mass is 16.6. The molecule has 0 aromatic carbocycles. The first-order valence-electron chi connectivity index (χ1n) is 7.95. The summed E-state index contributed by atoms with van der Waals surface area (Å²) < 4.78 is 14.4. The molecule has 1 unspecified atom stereocenters. The molecule has 8 nitrogen and oxygen atoms in total. The van der Waals surface area contributed by atoms with Crippen molar-refractivity contribution in [1.82, 2.24) is 4.98 Å². The number of aryl methyl sites for hydroxylation is 1. The van der Waals surface area contributed by atoms with E-state index in [1.54, 1.807) is 6.92 Å². The van der Waals surface area contributed by atoms with Crippen LogP contribution in [0.4, 0.5) is 0 Å². The van der Waals surface area contributed by atoms with Crippen LogP contribution in [0.1, 0.15) is 46.6 Å². The van der Waals surface area contributed by atoms with Crippen molar-refractivity contribution in [1.29, 1.82) is 0 Å². The third-order valence-electron chi connectivity index (χ3n) is 4.21. The number of aromatic nitrogens is 1. The minimum Gasteiger partial charge on any atom is -0.469 e. The highest BCUT2D eigenvalue weighted by Gasteiger charge is 2.34. The average Bonchev–Trinajstić information content (AvgIpc) is 3.16. The number of carbonyl (C=O) groups is 4. The number of rotatable bonds is 7. The van der Waals surface area contributed by atoms with E-state index in [0.717, 1.165) is 0 Å². The number of Topliss-reactive ketones (excluding diaryl/α,β-unsaturated/α-hetero) is 1. The van der Waals surface area contributed by atoms with Gasteiger partial charge in [0.2, 0.25) is 5.78 Å². The van der Waals surface area contributed by atoms with Crippen molar-refractivity contribution in [2.45, 2.75) is 45.1 Å². The second-order valence-electron chi connectivity index (χ2n) is 5.79. The molecule has 8 heteroatoms. The number of methoxy groups -OCH3 is 2. The maximum atomic E-state index is 12.7. The highest BCUT2D eigenvalue weighted by Crippen LogP contribution is 2.26. The van der Waals surface area contributed by atoms with Crippen LogP contribution < -0.4 is 0 Å². The van der Waals surface area contributed by atoms with Crippen molar-refractivity contribution in [3.8, 4) is 0 Å². The fraction of sp³-hybridized carbons (Fsp3) is 0.529. The predicted molar refractivity (Wildman–Crippen MR) is 85.0 cm³/mol. The fourth-order valence-electron chi connectivity index (χ4n) is 2.86. The van der Waals surface area contributed by atoms with Gasteiger partial charge in [-0.2, -0.15) is 0 Å². The quantitative estimate of drug-likeness (QED) is 0.443. The van der Waals surface area contributed by atoms with Crippen LogP contribution in [0.2, 0.25) is 0 Å². The van der Waals surface area contributed by atoms with Gasteiger partial charge in [-0.1, -0.05) is 0 Å². The summed E-state index contributed by atoms with van der Waals surface area (Å²) in [5.74, 6) is -1.64. The third-order valence-corrected chi connectivity index (χ3v) is 4.21. The van der Waals surface area contributed by atoms with Crippen LogP contribution in [0.3, 0.4) is 0 Å². The summed E-state index contributed by atoms with van der Waals surface area (Å²) in [6.07, 6.45) is -0.0557. The molecule has 2 heterocycles. The van der Waals surface area contributed by atoms with E-state index in [2.05, 4.69) is 9.72 Å². The maximum Gasteiger partial charge on any atom is 0.310 e. The minimum absolute atomic E-state index is 0.0208. The van der Waals surface area contributed by atoms with Gasteiger partial charge in [-0.15, -0.1) is 0 Å². The molecule has 1 aliphatic rings.